The molecule has 0 bridgehead atoms. The van der Waals surface area contributed by atoms with Gasteiger partial charge in [-0.25, -0.2) is 0 Å². The minimum absolute atomic E-state index is 0.463. The van der Waals surface area contributed by atoms with Crippen LogP contribution in [0.5, 0.6) is 0 Å². The predicted octanol–water partition coefficient (Wildman–Crippen LogP) is 4.05. The molecule has 184 valence electrons. The first kappa shape index (κ1) is 28.1. The second-order valence-corrected chi connectivity index (χ2v) is 7.58. The lowest BCUT2D eigenvalue weighted by Crippen LogP contribution is -2.29. The fourth-order valence-corrected chi connectivity index (χ4v) is 2.89. The highest BCUT2D eigenvalue weighted by Gasteiger charge is 2.15. The van der Waals surface area contributed by atoms with Gasteiger partial charge in [0.1, 0.15) is 0 Å². The Hall–Kier alpha value is -4.14. The van der Waals surface area contributed by atoms with Crippen molar-refractivity contribution in [3.63, 3.8) is 0 Å². The van der Waals surface area contributed by atoms with Crippen LogP contribution >= 0.6 is 15.9 Å². The van der Waals surface area contributed by atoms with Crippen LogP contribution in [0.15, 0.2) is 89.9 Å². The molecule has 2 aromatic carbocycles. The monoisotopic (exact) mass is 560 g/mol. The first-order chi connectivity index (χ1) is 17.1. The van der Waals surface area contributed by atoms with E-state index in [0.29, 0.717) is 15.5 Å². The van der Waals surface area contributed by atoms with Gasteiger partial charge in [-0.15, -0.1) is 0 Å². The lowest BCUT2D eigenvalue weighted by Gasteiger charge is -2.01. The maximum Gasteiger partial charge on any atom is 0.488 e. The Morgan fingerprint density at radius 2 is 1.19 bits per heavy atom. The Bertz CT molecular complexity index is 1320. The molecule has 36 heavy (non-hydrogen) atoms. The van der Waals surface area contributed by atoms with Crippen LogP contribution in [0.3, 0.4) is 0 Å². The van der Waals surface area contributed by atoms with Gasteiger partial charge in [-0.3, -0.25) is 30.2 Å². The van der Waals surface area contributed by atoms with E-state index < -0.39 is 40.0 Å². The van der Waals surface area contributed by atoms with Crippen LogP contribution in [0.2, 0.25) is 0 Å². The Kier molecular flexibility index (Phi) is 10.7. The van der Waals surface area contributed by atoms with E-state index in [9.17, 15) is 29.0 Å². The Balaban J connectivity index is 0.000000200. The summed E-state index contributed by atoms with van der Waals surface area (Å²) in [5.74, 6) is -1.65. The van der Waals surface area contributed by atoms with Gasteiger partial charge in [0.05, 0.1) is 9.85 Å². The largest absolute Gasteiger partial charge is 0.488 e. The number of halogens is 3. The molecule has 0 fully saturated rings. The molecule has 0 unspecified atom stereocenters. The molecule has 2 N–H and O–H groups in total. The van der Waals surface area contributed by atoms with Crippen LogP contribution in [0.4, 0.5) is 20.2 Å². The fourth-order valence-electron chi connectivity index (χ4n) is 2.54. The van der Waals surface area contributed by atoms with Crippen LogP contribution in [-0.4, -0.2) is 37.0 Å². The normalized spacial score (nSPS) is 9.69. The Morgan fingerprint density at radius 3 is 1.64 bits per heavy atom. The topological polar surface area (TPSA) is 153 Å². The molecule has 2 aromatic heterocycles. The molecule has 0 aliphatic rings. The zero-order valence-corrected chi connectivity index (χ0v) is 19.7. The van der Waals surface area contributed by atoms with E-state index in [-0.39, 0.29) is 0 Å². The number of nitro benzene ring substituents is 2. The molecular formula is C22H16BBrF2N4O6. The lowest BCUT2D eigenvalue weighted by atomic mass is 9.81. The SMILES string of the molecule is O=[N+]([O-])c1cc(-c2ccncc2)ccc1F.O=[N+]([O-])c1cc(Br)ccc1F.OB(O)c1ccncc1. The van der Waals surface area contributed by atoms with Crippen LogP contribution in [0.25, 0.3) is 11.1 Å². The van der Waals surface area contributed by atoms with E-state index in [1.54, 1.807) is 36.7 Å². The van der Waals surface area contributed by atoms with Crippen molar-refractivity contribution in [2.24, 2.45) is 0 Å². The van der Waals surface area contributed by atoms with Gasteiger partial charge in [0, 0.05) is 41.4 Å². The van der Waals surface area contributed by atoms with E-state index in [1.807, 2.05) is 0 Å². The van der Waals surface area contributed by atoms with Crippen molar-refractivity contribution in [3.05, 3.63) is 122 Å². The van der Waals surface area contributed by atoms with Gasteiger partial charge >= 0.3 is 18.5 Å². The average molecular weight is 561 g/mol. The highest BCUT2D eigenvalue weighted by molar-refractivity contribution is 9.10. The molecule has 0 aliphatic carbocycles. The summed E-state index contributed by atoms with van der Waals surface area (Å²) in [6.45, 7) is 0. The van der Waals surface area contributed by atoms with E-state index in [2.05, 4.69) is 25.9 Å². The summed E-state index contributed by atoms with van der Waals surface area (Å²) >= 11 is 2.99. The van der Waals surface area contributed by atoms with Gasteiger partial charge in [-0.05, 0) is 59.1 Å². The molecule has 0 atom stereocenters. The first-order valence-corrected chi connectivity index (χ1v) is 10.6. The highest BCUT2D eigenvalue weighted by atomic mass is 79.9. The van der Waals surface area contributed by atoms with Gasteiger partial charge < -0.3 is 10.0 Å². The molecule has 0 aliphatic heterocycles. The number of hydrogen-bond acceptors (Lipinski definition) is 8. The summed E-state index contributed by atoms with van der Waals surface area (Å²) < 4.78 is 26.1. The second-order valence-electron chi connectivity index (χ2n) is 6.67. The van der Waals surface area contributed by atoms with Crippen molar-refractivity contribution in [1.29, 1.82) is 0 Å². The van der Waals surface area contributed by atoms with Gasteiger partial charge in [-0.1, -0.05) is 22.0 Å². The van der Waals surface area contributed by atoms with Crippen molar-refractivity contribution in [2.75, 3.05) is 0 Å². The van der Waals surface area contributed by atoms with Gasteiger partial charge in [0.25, 0.3) is 0 Å². The highest BCUT2D eigenvalue weighted by Crippen LogP contribution is 2.25. The molecule has 10 nitrogen and oxygen atoms in total. The summed E-state index contributed by atoms with van der Waals surface area (Å²) in [6, 6.07) is 13.9. The summed E-state index contributed by atoms with van der Waals surface area (Å²) in [5.41, 5.74) is 0.785. The fraction of sp³-hybridized carbons (Fsp3) is 0. The van der Waals surface area contributed by atoms with Gasteiger partial charge in [-0.2, -0.15) is 8.78 Å². The number of rotatable bonds is 4. The predicted molar refractivity (Wildman–Crippen MR) is 131 cm³/mol. The summed E-state index contributed by atoms with van der Waals surface area (Å²) in [4.78, 5) is 26.7. The van der Waals surface area contributed by atoms with E-state index in [0.717, 1.165) is 23.8 Å². The molecule has 0 saturated heterocycles. The molecule has 0 saturated carbocycles. The summed E-state index contributed by atoms with van der Waals surface area (Å²) in [5, 5.41) is 37.8. The van der Waals surface area contributed by atoms with Crippen LogP contribution in [0.1, 0.15) is 0 Å². The van der Waals surface area contributed by atoms with E-state index >= 15 is 0 Å². The Morgan fingerprint density at radius 1 is 0.722 bits per heavy atom. The molecule has 0 radical (unpaired) electrons. The van der Waals surface area contributed by atoms with Crippen molar-refractivity contribution in [3.8, 4) is 11.1 Å². The maximum absolute atomic E-state index is 13.1. The molecule has 2 heterocycles. The third kappa shape index (κ3) is 8.58. The second kappa shape index (κ2) is 13.7. The van der Waals surface area contributed by atoms with Gasteiger partial charge in [0.15, 0.2) is 0 Å². The maximum atomic E-state index is 13.1. The van der Waals surface area contributed by atoms with Crippen molar-refractivity contribution >= 4 is 39.9 Å². The van der Waals surface area contributed by atoms with Crippen LogP contribution in [-0.2, 0) is 0 Å². The Labute approximate surface area is 211 Å². The van der Waals surface area contributed by atoms with E-state index in [1.165, 1.54) is 30.6 Å². The van der Waals surface area contributed by atoms with Crippen molar-refractivity contribution < 1.29 is 28.7 Å². The van der Waals surface area contributed by atoms with Crippen LogP contribution in [0, 0.1) is 31.9 Å². The minimum Gasteiger partial charge on any atom is -0.423 e. The number of hydrogen-bond donors (Lipinski definition) is 2. The molecule has 4 aromatic rings. The smallest absolute Gasteiger partial charge is 0.423 e. The number of nitro groups is 2. The van der Waals surface area contributed by atoms with Crippen molar-refractivity contribution in [1.82, 2.24) is 9.97 Å². The summed E-state index contributed by atoms with van der Waals surface area (Å²) in [6.07, 6.45) is 6.17. The lowest BCUT2D eigenvalue weighted by molar-refractivity contribution is -0.387. The van der Waals surface area contributed by atoms with Crippen molar-refractivity contribution in [2.45, 2.75) is 0 Å². The number of benzene rings is 2. The standard InChI is InChI=1S/C11H7FN2O2.C6H3BrFNO2.C5H6BNO2/c12-10-2-1-9(7-11(10)14(15)16)8-3-5-13-6-4-8;7-4-1-2-5(8)6(3-4)9(10)11;8-6(9)5-1-3-7-4-2-5/h1-7H;1-3H;1-4,8-9H. The molecule has 14 heteroatoms. The first-order valence-electron chi connectivity index (χ1n) is 9.80. The van der Waals surface area contributed by atoms with Crippen LogP contribution < -0.4 is 5.46 Å². The molecule has 0 spiro atoms. The quantitative estimate of drug-likeness (QED) is 0.215. The van der Waals surface area contributed by atoms with Gasteiger partial charge in [0.2, 0.25) is 11.6 Å². The zero-order chi connectivity index (χ0) is 26.7. The number of aromatic nitrogens is 2. The molecule has 0 amide bonds. The minimum atomic E-state index is -1.38. The average Bonchev–Trinajstić information content (AvgIpc) is 2.87. The zero-order valence-electron chi connectivity index (χ0n) is 18.1. The molecular weight excluding hydrogens is 545 g/mol. The third-order valence-electron chi connectivity index (χ3n) is 4.27. The number of pyridine rings is 2. The third-order valence-corrected chi connectivity index (χ3v) is 4.76. The number of nitrogens with zero attached hydrogens (tertiary/aromatic N) is 4. The molecule has 4 rings (SSSR count). The summed E-state index contributed by atoms with van der Waals surface area (Å²) in [7, 11) is -1.38. The van der Waals surface area contributed by atoms with E-state index in [4.69, 9.17) is 10.0 Å².